The molecule has 5 heterocycles. The number of nitrogens with zero attached hydrogens (tertiary/aromatic N) is 4. The molecular formula is C22H26N6OS2. The summed E-state index contributed by atoms with van der Waals surface area (Å²) in [5.74, 6) is 3.27. The van der Waals surface area contributed by atoms with Crippen LogP contribution in [0.25, 0.3) is 10.6 Å². The van der Waals surface area contributed by atoms with Gasteiger partial charge in [-0.15, -0.1) is 23.1 Å². The number of aliphatic hydroxyl groups excluding tert-OH is 1. The first-order valence-corrected chi connectivity index (χ1v) is 12.9. The first-order chi connectivity index (χ1) is 15.2. The van der Waals surface area contributed by atoms with Crippen molar-refractivity contribution in [3.05, 3.63) is 35.0 Å². The molecule has 3 aromatic heterocycles. The number of piperidine rings is 1. The highest BCUT2D eigenvalue weighted by molar-refractivity contribution is 7.99. The van der Waals surface area contributed by atoms with Gasteiger partial charge in [0.1, 0.15) is 5.82 Å². The van der Waals surface area contributed by atoms with Gasteiger partial charge in [0.2, 0.25) is 5.95 Å². The normalized spacial score (nSPS) is 20.1. The van der Waals surface area contributed by atoms with E-state index in [1.807, 2.05) is 11.8 Å². The van der Waals surface area contributed by atoms with Gasteiger partial charge in [0, 0.05) is 31.2 Å². The highest BCUT2D eigenvalue weighted by atomic mass is 32.2. The van der Waals surface area contributed by atoms with E-state index in [-0.39, 0.29) is 12.1 Å². The Hall–Kier alpha value is -2.10. The van der Waals surface area contributed by atoms with E-state index in [0.29, 0.717) is 5.92 Å². The maximum Gasteiger partial charge on any atom is 0.227 e. The topological polar surface area (TPSA) is 90.0 Å². The lowest BCUT2D eigenvalue weighted by Gasteiger charge is -2.32. The van der Waals surface area contributed by atoms with Crippen LogP contribution in [0.1, 0.15) is 43.0 Å². The molecule has 162 valence electrons. The molecule has 0 bridgehead atoms. The largest absolute Gasteiger partial charge is 0.394 e. The van der Waals surface area contributed by atoms with Gasteiger partial charge in [-0.3, -0.25) is 5.10 Å². The molecule has 0 aromatic carbocycles. The quantitative estimate of drug-likeness (QED) is 0.520. The van der Waals surface area contributed by atoms with Crippen molar-refractivity contribution in [2.75, 3.05) is 35.7 Å². The fraction of sp³-hybridized carbons (Fsp3) is 0.500. The number of aromatic amines is 1. The Morgan fingerprint density at radius 1 is 1.26 bits per heavy atom. The maximum atomic E-state index is 9.75. The number of rotatable bonds is 6. The Labute approximate surface area is 189 Å². The number of aryl methyl sites for hydroxylation is 1. The van der Waals surface area contributed by atoms with Crippen LogP contribution < -0.4 is 10.2 Å². The van der Waals surface area contributed by atoms with Crippen molar-refractivity contribution >= 4 is 34.9 Å². The summed E-state index contributed by atoms with van der Waals surface area (Å²) in [6.07, 6.45) is 5.10. The van der Waals surface area contributed by atoms with Crippen LogP contribution in [0.15, 0.2) is 28.5 Å². The molecule has 3 aromatic rings. The molecule has 0 spiro atoms. The number of fused-ring (bicyclic) bond motifs is 1. The van der Waals surface area contributed by atoms with E-state index in [9.17, 15) is 5.11 Å². The second kappa shape index (κ2) is 7.79. The van der Waals surface area contributed by atoms with Crippen LogP contribution >= 0.6 is 23.1 Å². The third-order valence-corrected chi connectivity index (χ3v) is 8.66. The number of hydrogen-bond acceptors (Lipinski definition) is 8. The zero-order chi connectivity index (χ0) is 20.8. The molecule has 7 nitrogen and oxygen atoms in total. The van der Waals surface area contributed by atoms with Crippen LogP contribution in [-0.2, 0) is 6.42 Å². The molecule has 0 unspecified atom stereocenters. The zero-order valence-electron chi connectivity index (χ0n) is 17.3. The average molecular weight is 455 g/mol. The molecule has 1 aliphatic carbocycles. The monoisotopic (exact) mass is 454 g/mol. The summed E-state index contributed by atoms with van der Waals surface area (Å²) in [4.78, 5) is 14.6. The first kappa shape index (κ1) is 19.6. The Balaban J connectivity index is 1.18. The average Bonchev–Trinajstić information content (AvgIpc) is 3.27. The van der Waals surface area contributed by atoms with E-state index in [0.717, 1.165) is 79.8 Å². The highest BCUT2D eigenvalue weighted by Crippen LogP contribution is 2.43. The van der Waals surface area contributed by atoms with Gasteiger partial charge < -0.3 is 15.3 Å². The number of thiophene rings is 1. The van der Waals surface area contributed by atoms with Crippen LogP contribution in [0.5, 0.6) is 0 Å². The van der Waals surface area contributed by atoms with Gasteiger partial charge >= 0.3 is 0 Å². The molecule has 0 radical (unpaired) electrons. The van der Waals surface area contributed by atoms with Crippen molar-refractivity contribution in [1.82, 2.24) is 20.2 Å². The SMILES string of the molecule is OCC1(Nc2nc(N3CCC(c4cc(-c5cccs5)[nH]n4)CC3)nc3c2SCC3)CC1. The number of nitrogens with one attached hydrogen (secondary N) is 2. The molecule has 0 amide bonds. The van der Waals surface area contributed by atoms with E-state index in [2.05, 4.69) is 44.0 Å². The number of thioether (sulfide) groups is 1. The summed E-state index contributed by atoms with van der Waals surface area (Å²) in [6, 6.07) is 6.41. The second-order valence-electron chi connectivity index (χ2n) is 8.76. The van der Waals surface area contributed by atoms with Gasteiger partial charge in [0.15, 0.2) is 0 Å². The van der Waals surface area contributed by atoms with Crippen molar-refractivity contribution in [3.8, 4) is 10.6 Å². The van der Waals surface area contributed by atoms with Gasteiger partial charge in [0.05, 0.1) is 39.0 Å². The Morgan fingerprint density at radius 3 is 2.87 bits per heavy atom. The Kier molecular flexibility index (Phi) is 4.92. The summed E-state index contributed by atoms with van der Waals surface area (Å²) < 4.78 is 0. The van der Waals surface area contributed by atoms with Crippen LogP contribution in [0, 0.1) is 0 Å². The summed E-state index contributed by atoms with van der Waals surface area (Å²) >= 11 is 3.56. The smallest absolute Gasteiger partial charge is 0.227 e. The fourth-order valence-electron chi connectivity index (χ4n) is 4.49. The number of H-pyrrole nitrogens is 1. The minimum absolute atomic E-state index is 0.161. The van der Waals surface area contributed by atoms with Crippen LogP contribution in [0.3, 0.4) is 0 Å². The van der Waals surface area contributed by atoms with Gasteiger partial charge in [0.25, 0.3) is 0 Å². The predicted octanol–water partition coefficient (Wildman–Crippen LogP) is 3.90. The van der Waals surface area contributed by atoms with Crippen molar-refractivity contribution in [2.45, 2.75) is 48.5 Å². The van der Waals surface area contributed by atoms with Crippen molar-refractivity contribution in [1.29, 1.82) is 0 Å². The third-order valence-electron chi connectivity index (χ3n) is 6.63. The van der Waals surface area contributed by atoms with Crippen LogP contribution in [0.2, 0.25) is 0 Å². The summed E-state index contributed by atoms with van der Waals surface area (Å²) in [5.41, 5.74) is 3.26. The molecule has 1 saturated carbocycles. The minimum Gasteiger partial charge on any atom is -0.394 e. The predicted molar refractivity (Wildman–Crippen MR) is 125 cm³/mol. The molecule has 1 saturated heterocycles. The molecule has 3 N–H and O–H groups in total. The fourth-order valence-corrected chi connectivity index (χ4v) is 6.22. The van der Waals surface area contributed by atoms with Crippen molar-refractivity contribution in [3.63, 3.8) is 0 Å². The molecule has 2 fully saturated rings. The van der Waals surface area contributed by atoms with Gasteiger partial charge in [-0.1, -0.05) is 6.07 Å². The highest BCUT2D eigenvalue weighted by Gasteiger charge is 2.43. The molecular weight excluding hydrogens is 428 g/mol. The number of aliphatic hydroxyl groups is 1. The number of aromatic nitrogens is 4. The molecule has 9 heteroatoms. The second-order valence-corrected chi connectivity index (χ2v) is 10.8. The Bertz CT molecular complexity index is 1070. The van der Waals surface area contributed by atoms with E-state index in [4.69, 9.17) is 9.97 Å². The van der Waals surface area contributed by atoms with Crippen molar-refractivity contribution < 1.29 is 5.11 Å². The lowest BCUT2D eigenvalue weighted by atomic mass is 9.93. The van der Waals surface area contributed by atoms with E-state index < -0.39 is 0 Å². The summed E-state index contributed by atoms with van der Waals surface area (Å²) in [6.45, 7) is 2.03. The van der Waals surface area contributed by atoms with Crippen LogP contribution in [-0.4, -0.2) is 56.3 Å². The number of anilines is 2. The molecule has 6 rings (SSSR count). The van der Waals surface area contributed by atoms with Gasteiger partial charge in [-0.05, 0) is 43.2 Å². The van der Waals surface area contributed by atoms with E-state index in [1.165, 1.54) is 9.77 Å². The summed E-state index contributed by atoms with van der Waals surface area (Å²) in [5, 5.41) is 23.2. The van der Waals surface area contributed by atoms with E-state index in [1.54, 1.807) is 11.3 Å². The Morgan fingerprint density at radius 2 is 2.13 bits per heavy atom. The lowest BCUT2D eigenvalue weighted by molar-refractivity contribution is 0.265. The van der Waals surface area contributed by atoms with Gasteiger partial charge in [-0.2, -0.15) is 10.1 Å². The zero-order valence-corrected chi connectivity index (χ0v) is 18.9. The maximum absolute atomic E-state index is 9.75. The lowest BCUT2D eigenvalue weighted by Crippen LogP contribution is -2.35. The van der Waals surface area contributed by atoms with Gasteiger partial charge in [-0.25, -0.2) is 4.98 Å². The summed E-state index contributed by atoms with van der Waals surface area (Å²) in [7, 11) is 0. The minimum atomic E-state index is -0.171. The molecule has 31 heavy (non-hydrogen) atoms. The molecule has 0 atom stereocenters. The van der Waals surface area contributed by atoms with Crippen molar-refractivity contribution in [2.24, 2.45) is 0 Å². The first-order valence-electron chi connectivity index (χ1n) is 11.0. The van der Waals surface area contributed by atoms with E-state index >= 15 is 0 Å². The molecule has 2 aliphatic heterocycles. The third kappa shape index (κ3) is 3.72. The standard InChI is InChI=1S/C22H26N6OS2/c29-13-22(6-7-22)25-20-19-15(5-11-31-19)23-21(24-20)28-8-3-14(4-9-28)16-12-17(27-26-16)18-2-1-10-30-18/h1-2,10,12,14,29H,3-9,11,13H2,(H,26,27)(H,23,24,25). The van der Waals surface area contributed by atoms with Crippen LogP contribution in [0.4, 0.5) is 11.8 Å². The number of hydrogen-bond donors (Lipinski definition) is 3. The molecule has 3 aliphatic rings.